The molecule has 2 aliphatic heterocycles. The second kappa shape index (κ2) is 8.28. The Balaban J connectivity index is 1.41. The van der Waals surface area contributed by atoms with Gasteiger partial charge < -0.3 is 15.0 Å². The zero-order valence-electron chi connectivity index (χ0n) is 18.5. The lowest BCUT2D eigenvalue weighted by atomic mass is 9.95. The molecule has 3 heterocycles. The van der Waals surface area contributed by atoms with Crippen molar-refractivity contribution in [2.75, 3.05) is 23.4 Å². The highest BCUT2D eigenvalue weighted by Crippen LogP contribution is 2.49. The number of pyridine rings is 1. The Morgan fingerprint density at radius 3 is 2.61 bits per heavy atom. The van der Waals surface area contributed by atoms with Crippen molar-refractivity contribution in [3.63, 3.8) is 0 Å². The van der Waals surface area contributed by atoms with Crippen molar-refractivity contribution < 1.29 is 14.3 Å². The minimum atomic E-state index is -0.327. The molecule has 6 nitrogen and oxygen atoms in total. The molecule has 168 valence electrons. The fraction of sp³-hybridized carbons (Fsp3) is 0.269. The van der Waals surface area contributed by atoms with Gasteiger partial charge in [0.1, 0.15) is 11.4 Å². The number of anilines is 2. The van der Waals surface area contributed by atoms with Crippen LogP contribution in [-0.4, -0.2) is 29.9 Å². The number of nitrogens with zero attached hydrogens (tertiary/aromatic N) is 2. The number of hydrogen-bond donors (Lipinski definition) is 1. The molecule has 0 bridgehead atoms. The van der Waals surface area contributed by atoms with Gasteiger partial charge in [-0.25, -0.2) is 4.98 Å². The van der Waals surface area contributed by atoms with E-state index in [9.17, 15) is 9.59 Å². The summed E-state index contributed by atoms with van der Waals surface area (Å²) in [6, 6.07) is 14.7. The van der Waals surface area contributed by atoms with Gasteiger partial charge >= 0.3 is 0 Å². The van der Waals surface area contributed by atoms with Crippen molar-refractivity contribution in [1.29, 1.82) is 0 Å². The van der Waals surface area contributed by atoms with Gasteiger partial charge in [-0.1, -0.05) is 29.8 Å². The lowest BCUT2D eigenvalue weighted by Gasteiger charge is -2.24. The van der Waals surface area contributed by atoms with Crippen LogP contribution >= 0.6 is 11.6 Å². The van der Waals surface area contributed by atoms with E-state index < -0.39 is 0 Å². The zero-order chi connectivity index (χ0) is 23.2. The Morgan fingerprint density at radius 1 is 1.09 bits per heavy atom. The molecule has 2 aliphatic rings. The third-order valence-corrected chi connectivity index (χ3v) is 6.65. The Labute approximate surface area is 197 Å². The monoisotopic (exact) mass is 461 g/mol. The third-order valence-electron chi connectivity index (χ3n) is 6.41. The van der Waals surface area contributed by atoms with Gasteiger partial charge in [0, 0.05) is 28.9 Å². The van der Waals surface area contributed by atoms with Crippen LogP contribution in [0.3, 0.4) is 0 Å². The Hall–Kier alpha value is -3.22. The Morgan fingerprint density at radius 2 is 1.88 bits per heavy atom. The molecule has 1 aromatic heterocycles. The van der Waals surface area contributed by atoms with Crippen molar-refractivity contribution in [3.05, 3.63) is 87.6 Å². The van der Waals surface area contributed by atoms with E-state index in [0.717, 1.165) is 35.2 Å². The van der Waals surface area contributed by atoms with Gasteiger partial charge in [0.25, 0.3) is 11.8 Å². The number of aryl methyl sites for hydroxylation is 2. The maximum Gasteiger partial charge on any atom is 0.260 e. The molecule has 2 aromatic carbocycles. The summed E-state index contributed by atoms with van der Waals surface area (Å²) in [6.07, 6.45) is 3.22. The van der Waals surface area contributed by atoms with Crippen molar-refractivity contribution >= 4 is 34.9 Å². The third kappa shape index (κ3) is 4.01. The number of rotatable bonds is 3. The van der Waals surface area contributed by atoms with Crippen LogP contribution in [0.4, 0.5) is 11.5 Å². The summed E-state index contributed by atoms with van der Waals surface area (Å²) in [7, 11) is 0. The second-order valence-electron chi connectivity index (χ2n) is 8.66. The number of amides is 2. The van der Waals surface area contributed by atoms with Gasteiger partial charge in [-0.05, 0) is 68.1 Å². The molecule has 7 heteroatoms. The fourth-order valence-corrected chi connectivity index (χ4v) is 4.66. The summed E-state index contributed by atoms with van der Waals surface area (Å²) in [6.45, 7) is 4.98. The second-order valence-corrected chi connectivity index (χ2v) is 9.09. The summed E-state index contributed by atoms with van der Waals surface area (Å²) in [5.41, 5.74) is 4.18. The quantitative estimate of drug-likeness (QED) is 0.539. The SMILES string of the molecule is Cc1ccccc1C(=O)Nc1cc(C)c(C(=O)N2CCCC3(CO3)c3cc(Cl)ccc32)cn1. The standard InChI is InChI=1S/C26H24ClN3O3/c1-16-6-3-4-7-19(16)24(31)29-23-12-17(2)20(14-28-23)25(32)30-11-5-10-26(15-33-26)21-13-18(27)8-9-22(21)30/h3-4,6-9,12-14H,5,10-11,15H2,1-2H3,(H,28,29,31). The van der Waals surface area contributed by atoms with Crippen LogP contribution in [0.2, 0.25) is 5.02 Å². The molecule has 1 atom stereocenters. The number of epoxide rings is 1. The molecule has 1 fully saturated rings. The van der Waals surface area contributed by atoms with Crippen LogP contribution < -0.4 is 10.2 Å². The van der Waals surface area contributed by atoms with Crippen LogP contribution in [-0.2, 0) is 10.3 Å². The van der Waals surface area contributed by atoms with Crippen LogP contribution in [0.5, 0.6) is 0 Å². The summed E-state index contributed by atoms with van der Waals surface area (Å²) in [4.78, 5) is 32.4. The first-order valence-corrected chi connectivity index (χ1v) is 11.4. The smallest absolute Gasteiger partial charge is 0.260 e. The van der Waals surface area contributed by atoms with Crippen LogP contribution in [0.25, 0.3) is 0 Å². The highest BCUT2D eigenvalue weighted by molar-refractivity contribution is 6.30. The normalized spacial score (nSPS) is 19.1. The molecular formula is C26H24ClN3O3. The van der Waals surface area contributed by atoms with Gasteiger partial charge in [0.05, 0.1) is 17.9 Å². The van der Waals surface area contributed by atoms with Crippen molar-refractivity contribution in [2.24, 2.45) is 0 Å². The van der Waals surface area contributed by atoms with Gasteiger partial charge in [0.15, 0.2) is 0 Å². The van der Waals surface area contributed by atoms with E-state index in [4.69, 9.17) is 16.3 Å². The van der Waals surface area contributed by atoms with Gasteiger partial charge in [-0.2, -0.15) is 0 Å². The average Bonchev–Trinajstić information content (AvgIpc) is 3.60. The lowest BCUT2D eigenvalue weighted by Crippen LogP contribution is -2.32. The van der Waals surface area contributed by atoms with Crippen LogP contribution in [0.1, 0.15) is 50.2 Å². The van der Waals surface area contributed by atoms with E-state index in [0.29, 0.717) is 35.1 Å². The van der Waals surface area contributed by atoms with E-state index in [-0.39, 0.29) is 17.4 Å². The Kier molecular flexibility index (Phi) is 5.43. The zero-order valence-corrected chi connectivity index (χ0v) is 19.3. The predicted molar refractivity (Wildman–Crippen MR) is 128 cm³/mol. The first-order valence-electron chi connectivity index (χ1n) is 11.0. The van der Waals surface area contributed by atoms with Gasteiger partial charge in [-0.3, -0.25) is 9.59 Å². The van der Waals surface area contributed by atoms with E-state index >= 15 is 0 Å². The van der Waals surface area contributed by atoms with Crippen LogP contribution in [0.15, 0.2) is 54.7 Å². The van der Waals surface area contributed by atoms with Crippen molar-refractivity contribution in [2.45, 2.75) is 32.3 Å². The highest BCUT2D eigenvalue weighted by Gasteiger charge is 2.49. The summed E-state index contributed by atoms with van der Waals surface area (Å²) in [5, 5.41) is 3.46. The topological polar surface area (TPSA) is 74.8 Å². The number of carbonyl (C=O) groups excluding carboxylic acids is 2. The van der Waals surface area contributed by atoms with E-state index in [1.54, 1.807) is 23.1 Å². The number of aromatic nitrogens is 1. The number of hydrogen-bond acceptors (Lipinski definition) is 4. The molecule has 33 heavy (non-hydrogen) atoms. The highest BCUT2D eigenvalue weighted by atomic mass is 35.5. The maximum atomic E-state index is 13.6. The summed E-state index contributed by atoms with van der Waals surface area (Å²) in [5.74, 6) is 0.0517. The molecule has 0 radical (unpaired) electrons. The minimum absolute atomic E-state index is 0.127. The number of benzene rings is 2. The predicted octanol–water partition coefficient (Wildman–Crippen LogP) is 5.27. The van der Waals surface area contributed by atoms with Gasteiger partial charge in [-0.15, -0.1) is 0 Å². The van der Waals surface area contributed by atoms with E-state index in [1.807, 2.05) is 44.2 Å². The molecule has 1 spiro atoms. The van der Waals surface area contributed by atoms with Crippen molar-refractivity contribution in [1.82, 2.24) is 4.98 Å². The molecule has 2 amide bonds. The first kappa shape index (κ1) is 21.6. The number of carbonyl (C=O) groups is 2. The molecule has 5 rings (SSSR count). The minimum Gasteiger partial charge on any atom is -0.364 e. The van der Waals surface area contributed by atoms with E-state index in [1.165, 1.54) is 6.20 Å². The molecule has 0 saturated carbocycles. The number of halogens is 1. The molecule has 1 unspecified atom stereocenters. The number of nitrogens with one attached hydrogen (secondary N) is 1. The molecule has 1 saturated heterocycles. The Bertz CT molecular complexity index is 1270. The molecule has 3 aromatic rings. The summed E-state index contributed by atoms with van der Waals surface area (Å²) < 4.78 is 5.80. The fourth-order valence-electron chi connectivity index (χ4n) is 4.49. The van der Waals surface area contributed by atoms with Gasteiger partial charge in [0.2, 0.25) is 0 Å². The molecule has 1 N–H and O–H groups in total. The van der Waals surface area contributed by atoms with Crippen LogP contribution in [0, 0.1) is 13.8 Å². The summed E-state index contributed by atoms with van der Waals surface area (Å²) >= 11 is 6.26. The number of fused-ring (bicyclic) bond motifs is 2. The number of ether oxygens (including phenoxy) is 1. The largest absolute Gasteiger partial charge is 0.364 e. The molecular weight excluding hydrogens is 438 g/mol. The maximum absolute atomic E-state index is 13.6. The first-order chi connectivity index (χ1) is 15.9. The molecule has 0 aliphatic carbocycles. The van der Waals surface area contributed by atoms with Crippen molar-refractivity contribution in [3.8, 4) is 0 Å². The average molecular weight is 462 g/mol. The van der Waals surface area contributed by atoms with E-state index in [2.05, 4.69) is 10.3 Å². The lowest BCUT2D eigenvalue weighted by molar-refractivity contribution is 0.0985.